The molecule has 1 heterocycles. The van der Waals surface area contributed by atoms with Gasteiger partial charge in [-0.3, -0.25) is 0 Å². The number of halogens is 3. The molecule has 0 spiro atoms. The quantitative estimate of drug-likeness (QED) is 0.503. The standard InChI is InChI=1S/C11H8BrClFN3S/c1-18-11-16-9(13)5-10(17-11)15-8-3-2-6(12)4-7(8)14/h2-5H,1H3,(H,15,16,17). The maximum Gasteiger partial charge on any atom is 0.190 e. The maximum absolute atomic E-state index is 13.6. The first kappa shape index (κ1) is 13.6. The Labute approximate surface area is 121 Å². The Morgan fingerprint density at radius 1 is 1.33 bits per heavy atom. The van der Waals surface area contributed by atoms with Crippen LogP contribution < -0.4 is 5.32 Å². The van der Waals surface area contributed by atoms with Gasteiger partial charge in [-0.2, -0.15) is 0 Å². The molecule has 0 aliphatic heterocycles. The number of thioether (sulfide) groups is 1. The van der Waals surface area contributed by atoms with Crippen LogP contribution in [0.1, 0.15) is 0 Å². The van der Waals surface area contributed by atoms with Crippen LogP contribution >= 0.6 is 39.3 Å². The van der Waals surface area contributed by atoms with E-state index in [2.05, 4.69) is 31.2 Å². The van der Waals surface area contributed by atoms with Gasteiger partial charge in [-0.1, -0.05) is 39.3 Å². The number of benzene rings is 1. The topological polar surface area (TPSA) is 37.8 Å². The van der Waals surface area contributed by atoms with Crippen molar-refractivity contribution < 1.29 is 4.39 Å². The van der Waals surface area contributed by atoms with Crippen LogP contribution in [-0.2, 0) is 0 Å². The number of nitrogens with zero attached hydrogens (tertiary/aromatic N) is 2. The smallest absolute Gasteiger partial charge is 0.190 e. The number of nitrogens with one attached hydrogen (secondary N) is 1. The Kier molecular flexibility index (Phi) is 4.42. The fourth-order valence-electron chi connectivity index (χ4n) is 1.28. The molecule has 0 amide bonds. The second kappa shape index (κ2) is 5.86. The third-order valence-electron chi connectivity index (χ3n) is 2.05. The zero-order chi connectivity index (χ0) is 13.1. The lowest BCUT2D eigenvalue weighted by Crippen LogP contribution is -1.98. The predicted molar refractivity (Wildman–Crippen MR) is 76.2 cm³/mol. The molecule has 3 nitrogen and oxygen atoms in total. The zero-order valence-electron chi connectivity index (χ0n) is 9.25. The molecule has 18 heavy (non-hydrogen) atoms. The fraction of sp³-hybridized carbons (Fsp3) is 0.0909. The minimum atomic E-state index is -0.371. The Bertz CT molecular complexity index is 582. The zero-order valence-corrected chi connectivity index (χ0v) is 12.4. The highest BCUT2D eigenvalue weighted by Crippen LogP contribution is 2.24. The van der Waals surface area contributed by atoms with Gasteiger partial charge >= 0.3 is 0 Å². The van der Waals surface area contributed by atoms with Crippen LogP contribution in [0.15, 0.2) is 33.9 Å². The Morgan fingerprint density at radius 3 is 2.78 bits per heavy atom. The van der Waals surface area contributed by atoms with Gasteiger partial charge in [-0.05, 0) is 24.5 Å². The minimum Gasteiger partial charge on any atom is -0.338 e. The molecule has 1 aromatic heterocycles. The molecule has 94 valence electrons. The van der Waals surface area contributed by atoms with Crippen LogP contribution in [0, 0.1) is 5.82 Å². The number of aromatic nitrogens is 2. The molecule has 0 radical (unpaired) electrons. The number of anilines is 2. The van der Waals surface area contributed by atoms with Gasteiger partial charge in [0.15, 0.2) is 5.16 Å². The third kappa shape index (κ3) is 3.34. The second-order valence-corrected chi connectivity index (χ2v) is 5.39. The van der Waals surface area contributed by atoms with E-state index in [1.165, 1.54) is 17.8 Å². The molecule has 0 aliphatic rings. The first-order valence-electron chi connectivity index (χ1n) is 4.89. The van der Waals surface area contributed by atoms with Crippen LogP contribution in [0.2, 0.25) is 5.15 Å². The predicted octanol–water partition coefficient (Wildman–Crippen LogP) is 4.50. The third-order valence-corrected chi connectivity index (χ3v) is 3.29. The van der Waals surface area contributed by atoms with E-state index in [-0.39, 0.29) is 5.82 Å². The van der Waals surface area contributed by atoms with Gasteiger partial charge in [-0.25, -0.2) is 14.4 Å². The Hall–Kier alpha value is -0.850. The molecule has 0 aliphatic carbocycles. The molecular weight excluding hydrogens is 341 g/mol. The molecule has 0 saturated carbocycles. The van der Waals surface area contributed by atoms with E-state index in [0.29, 0.717) is 26.3 Å². The molecule has 2 aromatic rings. The van der Waals surface area contributed by atoms with E-state index in [4.69, 9.17) is 11.6 Å². The minimum absolute atomic E-state index is 0.314. The van der Waals surface area contributed by atoms with Crippen molar-refractivity contribution in [2.24, 2.45) is 0 Å². The van der Waals surface area contributed by atoms with Gasteiger partial charge in [0.05, 0.1) is 5.69 Å². The van der Waals surface area contributed by atoms with E-state index >= 15 is 0 Å². The number of hydrogen-bond donors (Lipinski definition) is 1. The molecule has 1 aromatic carbocycles. The van der Waals surface area contributed by atoms with Crippen molar-refractivity contribution in [1.82, 2.24) is 9.97 Å². The first-order chi connectivity index (χ1) is 8.58. The lowest BCUT2D eigenvalue weighted by molar-refractivity contribution is 0.631. The molecule has 0 atom stereocenters. The summed E-state index contributed by atoms with van der Waals surface area (Å²) in [5.74, 6) is 0.0883. The molecule has 0 bridgehead atoms. The van der Waals surface area contributed by atoms with Crippen molar-refractivity contribution >= 4 is 50.8 Å². The van der Waals surface area contributed by atoms with Crippen LogP contribution in [0.25, 0.3) is 0 Å². The van der Waals surface area contributed by atoms with Crippen LogP contribution in [0.4, 0.5) is 15.9 Å². The normalized spacial score (nSPS) is 10.4. The molecule has 0 saturated heterocycles. The molecule has 2 rings (SSSR count). The van der Waals surface area contributed by atoms with Crippen molar-refractivity contribution in [3.05, 3.63) is 39.7 Å². The van der Waals surface area contributed by atoms with Gasteiger partial charge in [-0.15, -0.1) is 0 Å². The molecule has 1 N–H and O–H groups in total. The van der Waals surface area contributed by atoms with Gasteiger partial charge in [0.1, 0.15) is 16.8 Å². The molecule has 7 heteroatoms. The van der Waals surface area contributed by atoms with Crippen molar-refractivity contribution in [2.75, 3.05) is 11.6 Å². The molecule has 0 fully saturated rings. The van der Waals surface area contributed by atoms with Gasteiger partial charge < -0.3 is 5.32 Å². The summed E-state index contributed by atoms with van der Waals surface area (Å²) in [5, 5.41) is 3.71. The summed E-state index contributed by atoms with van der Waals surface area (Å²) in [4.78, 5) is 8.20. The average Bonchev–Trinajstić information content (AvgIpc) is 2.32. The van der Waals surface area contributed by atoms with Crippen molar-refractivity contribution in [3.63, 3.8) is 0 Å². The molecule has 0 unspecified atom stereocenters. The summed E-state index contributed by atoms with van der Waals surface area (Å²) >= 11 is 10.4. The monoisotopic (exact) mass is 347 g/mol. The maximum atomic E-state index is 13.6. The summed E-state index contributed by atoms with van der Waals surface area (Å²) in [6.45, 7) is 0. The largest absolute Gasteiger partial charge is 0.338 e. The van der Waals surface area contributed by atoms with E-state index in [1.807, 2.05) is 6.26 Å². The van der Waals surface area contributed by atoms with E-state index in [1.54, 1.807) is 18.2 Å². The van der Waals surface area contributed by atoms with Gasteiger partial charge in [0.2, 0.25) is 0 Å². The SMILES string of the molecule is CSc1nc(Cl)cc(Nc2ccc(Br)cc2F)n1. The Morgan fingerprint density at radius 2 is 2.11 bits per heavy atom. The highest BCUT2D eigenvalue weighted by molar-refractivity contribution is 9.10. The summed E-state index contributed by atoms with van der Waals surface area (Å²) in [7, 11) is 0. The van der Waals surface area contributed by atoms with Crippen molar-refractivity contribution in [2.45, 2.75) is 5.16 Å². The summed E-state index contributed by atoms with van der Waals surface area (Å²) < 4.78 is 14.3. The van der Waals surface area contributed by atoms with E-state index < -0.39 is 0 Å². The lowest BCUT2D eigenvalue weighted by Gasteiger charge is -2.08. The summed E-state index contributed by atoms with van der Waals surface area (Å²) in [5.41, 5.74) is 0.333. The average molecular weight is 349 g/mol. The van der Waals surface area contributed by atoms with Crippen LogP contribution in [0.5, 0.6) is 0 Å². The molecular formula is C11H8BrClFN3S. The number of rotatable bonds is 3. The fourth-order valence-corrected chi connectivity index (χ4v) is 2.23. The summed E-state index contributed by atoms with van der Waals surface area (Å²) in [6.07, 6.45) is 1.84. The Balaban J connectivity index is 2.30. The van der Waals surface area contributed by atoms with Gasteiger partial charge in [0.25, 0.3) is 0 Å². The highest BCUT2D eigenvalue weighted by Gasteiger charge is 2.06. The van der Waals surface area contributed by atoms with Crippen LogP contribution in [0.3, 0.4) is 0 Å². The summed E-state index contributed by atoms with van der Waals surface area (Å²) in [6, 6.07) is 6.28. The van der Waals surface area contributed by atoms with E-state index in [9.17, 15) is 4.39 Å². The first-order valence-corrected chi connectivity index (χ1v) is 7.28. The van der Waals surface area contributed by atoms with Crippen molar-refractivity contribution in [3.8, 4) is 0 Å². The second-order valence-electron chi connectivity index (χ2n) is 3.31. The number of hydrogen-bond acceptors (Lipinski definition) is 4. The van der Waals surface area contributed by atoms with E-state index in [0.717, 1.165) is 0 Å². The lowest BCUT2D eigenvalue weighted by atomic mass is 10.3. The van der Waals surface area contributed by atoms with Crippen LogP contribution in [-0.4, -0.2) is 16.2 Å². The highest BCUT2D eigenvalue weighted by atomic mass is 79.9. The van der Waals surface area contributed by atoms with Crippen molar-refractivity contribution in [1.29, 1.82) is 0 Å². The van der Waals surface area contributed by atoms with Gasteiger partial charge in [0, 0.05) is 10.5 Å².